The number of fused-ring (bicyclic) bond motifs is 1. The van der Waals surface area contributed by atoms with Crippen LogP contribution in [0.3, 0.4) is 0 Å². The Hall–Kier alpha value is -4.11. The summed E-state index contributed by atoms with van der Waals surface area (Å²) in [4.78, 5) is 25.7. The van der Waals surface area contributed by atoms with Gasteiger partial charge in [0.05, 0.1) is 29.9 Å². The van der Waals surface area contributed by atoms with Crippen molar-refractivity contribution >= 4 is 35.0 Å². The molecular formula is C28H35N7O2. The number of nitrogens with one attached hydrogen (secondary N) is 2. The maximum Gasteiger partial charge on any atom is 0.247 e. The highest BCUT2D eigenvalue weighted by molar-refractivity contribution is 6.02. The molecule has 0 atom stereocenters. The molecule has 1 aromatic carbocycles. The van der Waals surface area contributed by atoms with Crippen molar-refractivity contribution in [1.29, 1.82) is 0 Å². The number of ether oxygens (including phenoxy) is 1. The van der Waals surface area contributed by atoms with Crippen LogP contribution in [0.15, 0.2) is 49.3 Å². The van der Waals surface area contributed by atoms with Crippen molar-refractivity contribution in [3.8, 4) is 17.0 Å². The summed E-state index contributed by atoms with van der Waals surface area (Å²) in [5.41, 5.74) is 6.52. The molecule has 1 amide bonds. The second-order valence-electron chi connectivity index (χ2n) is 9.33. The first kappa shape index (κ1) is 26.0. The Bertz CT molecular complexity index is 1330. The molecule has 0 fully saturated rings. The van der Waals surface area contributed by atoms with E-state index >= 15 is 0 Å². The normalized spacial score (nSPS) is 12.3. The van der Waals surface area contributed by atoms with E-state index in [1.807, 2.05) is 39.3 Å². The number of aromatic nitrogens is 3. The molecule has 1 aliphatic rings. The number of aryl methyl sites for hydroxylation is 1. The highest BCUT2D eigenvalue weighted by atomic mass is 16.5. The first-order chi connectivity index (χ1) is 17.8. The molecule has 9 nitrogen and oxygen atoms in total. The van der Waals surface area contributed by atoms with Crippen molar-refractivity contribution in [1.82, 2.24) is 19.4 Å². The predicted octanol–water partition coefficient (Wildman–Crippen LogP) is 4.32. The van der Waals surface area contributed by atoms with Crippen molar-refractivity contribution in [3.63, 3.8) is 0 Å². The van der Waals surface area contributed by atoms with Crippen molar-refractivity contribution in [2.75, 3.05) is 56.9 Å². The highest BCUT2D eigenvalue weighted by Gasteiger charge is 2.19. The fourth-order valence-electron chi connectivity index (χ4n) is 4.40. The number of benzene rings is 1. The number of carbonyl (C=O) groups excluding carboxylic acids is 1. The molecule has 2 heterocycles. The fraction of sp³-hybridized carbons (Fsp3) is 0.321. The molecule has 9 heteroatoms. The van der Waals surface area contributed by atoms with E-state index < -0.39 is 0 Å². The van der Waals surface area contributed by atoms with Gasteiger partial charge in [-0.1, -0.05) is 18.7 Å². The van der Waals surface area contributed by atoms with Gasteiger partial charge in [-0.05, 0) is 45.1 Å². The van der Waals surface area contributed by atoms with Crippen LogP contribution in [0, 0.1) is 0 Å². The van der Waals surface area contributed by atoms with Crippen molar-refractivity contribution in [3.05, 3.63) is 60.6 Å². The van der Waals surface area contributed by atoms with E-state index in [0.29, 0.717) is 23.1 Å². The van der Waals surface area contributed by atoms with Crippen molar-refractivity contribution < 1.29 is 9.53 Å². The minimum Gasteiger partial charge on any atom is -0.494 e. The lowest BCUT2D eigenvalue weighted by Crippen LogP contribution is -2.29. The number of nitrogens with zero attached hydrogens (tertiary/aromatic N) is 5. The fourth-order valence-corrected chi connectivity index (χ4v) is 4.40. The summed E-state index contributed by atoms with van der Waals surface area (Å²) in [6, 6.07) is 5.66. The Morgan fingerprint density at radius 2 is 2.05 bits per heavy atom. The molecule has 2 aromatic heterocycles. The molecule has 194 valence electrons. The Kier molecular flexibility index (Phi) is 7.93. The lowest BCUT2D eigenvalue weighted by Gasteiger charge is -2.26. The van der Waals surface area contributed by atoms with E-state index in [0.717, 1.165) is 42.9 Å². The maximum atomic E-state index is 12.2. The van der Waals surface area contributed by atoms with Crippen LogP contribution < -0.4 is 20.3 Å². The first-order valence-corrected chi connectivity index (χ1v) is 12.3. The third-order valence-corrected chi connectivity index (χ3v) is 6.41. The molecule has 0 spiro atoms. The number of hydrogen-bond acceptors (Lipinski definition) is 7. The number of allylic oxidation sites excluding steroid dienone is 1. The molecule has 2 N–H and O–H groups in total. The molecule has 3 aromatic rings. The molecule has 0 radical (unpaired) electrons. The number of likely N-dealkylation sites (N-methyl/N-ethyl adjacent to an activating group) is 2. The van der Waals surface area contributed by atoms with E-state index in [1.54, 1.807) is 13.3 Å². The van der Waals surface area contributed by atoms with E-state index in [-0.39, 0.29) is 5.91 Å². The largest absolute Gasteiger partial charge is 0.494 e. The van der Waals surface area contributed by atoms with Gasteiger partial charge in [-0.25, -0.2) is 9.97 Å². The minimum absolute atomic E-state index is 0.293. The van der Waals surface area contributed by atoms with Crippen molar-refractivity contribution in [2.45, 2.75) is 12.8 Å². The zero-order chi connectivity index (χ0) is 26.5. The van der Waals surface area contributed by atoms with Crippen LogP contribution >= 0.6 is 0 Å². The van der Waals surface area contributed by atoms with Crippen LogP contribution in [0.1, 0.15) is 17.7 Å². The van der Waals surface area contributed by atoms with Gasteiger partial charge in [-0.15, -0.1) is 0 Å². The SMILES string of the molecule is C=CC(=O)Nc1cc(Nc2nccc(-c3cn(C)c4c3C=CCC4)n2)c(OC)cc1N(C)CCN(C)C. The number of rotatable bonds is 10. The monoisotopic (exact) mass is 501 g/mol. The zero-order valence-electron chi connectivity index (χ0n) is 22.2. The van der Waals surface area contributed by atoms with Gasteiger partial charge in [-0.2, -0.15) is 0 Å². The second kappa shape index (κ2) is 11.3. The third kappa shape index (κ3) is 5.83. The Morgan fingerprint density at radius 1 is 1.24 bits per heavy atom. The highest BCUT2D eigenvalue weighted by Crippen LogP contribution is 2.38. The molecule has 0 bridgehead atoms. The summed E-state index contributed by atoms with van der Waals surface area (Å²) >= 11 is 0. The van der Waals surface area contributed by atoms with Crippen molar-refractivity contribution in [2.24, 2.45) is 7.05 Å². The van der Waals surface area contributed by atoms with E-state index in [1.165, 1.54) is 17.3 Å². The van der Waals surface area contributed by atoms with Crippen LogP contribution in [0.2, 0.25) is 0 Å². The van der Waals surface area contributed by atoms with Gasteiger partial charge in [0.2, 0.25) is 11.9 Å². The van der Waals surface area contributed by atoms with Crippen LogP contribution in [0.25, 0.3) is 17.3 Å². The predicted molar refractivity (Wildman–Crippen MR) is 151 cm³/mol. The van der Waals surface area contributed by atoms with Gasteiger partial charge in [0, 0.05) is 62.5 Å². The summed E-state index contributed by atoms with van der Waals surface area (Å²) in [7, 11) is 9.72. The van der Waals surface area contributed by atoms with Gasteiger partial charge in [0.1, 0.15) is 5.75 Å². The molecule has 0 unspecified atom stereocenters. The molecule has 0 saturated carbocycles. The van der Waals surface area contributed by atoms with Gasteiger partial charge in [-0.3, -0.25) is 4.79 Å². The first-order valence-electron chi connectivity index (χ1n) is 12.3. The van der Waals surface area contributed by atoms with Gasteiger partial charge < -0.3 is 29.7 Å². The maximum absolute atomic E-state index is 12.2. The van der Waals surface area contributed by atoms with E-state index in [2.05, 4.69) is 62.0 Å². The average Bonchev–Trinajstić information content (AvgIpc) is 3.24. The van der Waals surface area contributed by atoms with Gasteiger partial charge >= 0.3 is 0 Å². The molecular weight excluding hydrogens is 466 g/mol. The van der Waals surface area contributed by atoms with E-state index in [9.17, 15) is 4.79 Å². The Labute approximate surface area is 218 Å². The third-order valence-electron chi connectivity index (χ3n) is 6.41. The standard InChI is InChI=1S/C28H35N7O2/c1-7-27(36)30-22-16-23(26(37-6)17-25(22)34(4)15-14-33(2)3)32-28-29-13-12-21(31-28)20-18-35(5)24-11-9-8-10-19(20)24/h7-8,10,12-13,16-18H,1,9,11,14-15H2,2-6H3,(H,30,36)(H,29,31,32). The quantitative estimate of drug-likeness (QED) is 0.400. The topological polar surface area (TPSA) is 87.5 Å². The smallest absolute Gasteiger partial charge is 0.247 e. The summed E-state index contributed by atoms with van der Waals surface area (Å²) in [6.07, 6.45) is 11.6. The number of carbonyl (C=O) groups is 1. The summed E-state index contributed by atoms with van der Waals surface area (Å²) in [5, 5.41) is 6.21. The number of amides is 1. The summed E-state index contributed by atoms with van der Waals surface area (Å²) in [5.74, 6) is 0.749. The Balaban J connectivity index is 1.69. The summed E-state index contributed by atoms with van der Waals surface area (Å²) in [6.45, 7) is 5.20. The molecule has 1 aliphatic carbocycles. The van der Waals surface area contributed by atoms with Crippen LogP contribution in [0.5, 0.6) is 5.75 Å². The molecule has 4 rings (SSSR count). The number of hydrogen-bond donors (Lipinski definition) is 2. The lowest BCUT2D eigenvalue weighted by molar-refractivity contribution is -0.111. The van der Waals surface area contributed by atoms with E-state index in [4.69, 9.17) is 9.72 Å². The van der Waals surface area contributed by atoms with Crippen LogP contribution in [0.4, 0.5) is 23.0 Å². The second-order valence-corrected chi connectivity index (χ2v) is 9.33. The summed E-state index contributed by atoms with van der Waals surface area (Å²) < 4.78 is 7.89. The lowest BCUT2D eigenvalue weighted by atomic mass is 10.0. The van der Waals surface area contributed by atoms with Gasteiger partial charge in [0.15, 0.2) is 0 Å². The molecule has 0 saturated heterocycles. The average molecular weight is 502 g/mol. The van der Waals surface area contributed by atoms with Gasteiger partial charge in [0.25, 0.3) is 0 Å². The molecule has 0 aliphatic heterocycles. The number of methoxy groups -OCH3 is 1. The minimum atomic E-state index is -0.293. The van der Waals surface area contributed by atoms with Crippen LogP contribution in [-0.2, 0) is 18.3 Å². The number of anilines is 4. The van der Waals surface area contributed by atoms with Crippen LogP contribution in [-0.4, -0.2) is 66.7 Å². The zero-order valence-corrected chi connectivity index (χ0v) is 22.2. The Morgan fingerprint density at radius 3 is 2.78 bits per heavy atom. The molecule has 37 heavy (non-hydrogen) atoms.